The molecule has 1 aromatic heterocycles. The van der Waals surface area contributed by atoms with Gasteiger partial charge in [-0.15, -0.1) is 0 Å². The van der Waals surface area contributed by atoms with Crippen molar-refractivity contribution < 1.29 is 8.42 Å². The van der Waals surface area contributed by atoms with E-state index in [1.807, 2.05) is 13.8 Å². The largest absolute Gasteiger partial charge is 0.330 e. The molecule has 0 fully saturated rings. The first-order valence-electron chi connectivity index (χ1n) is 5.12. The first-order chi connectivity index (χ1) is 7.36. The van der Waals surface area contributed by atoms with Crippen LogP contribution in [0.15, 0.2) is 11.2 Å². The van der Waals surface area contributed by atoms with Gasteiger partial charge >= 0.3 is 0 Å². The molecule has 1 heterocycles. The lowest BCUT2D eigenvalue weighted by Crippen LogP contribution is -2.13. The lowest BCUT2D eigenvalue weighted by Gasteiger charge is -2.09. The van der Waals surface area contributed by atoms with Crippen LogP contribution in [0.5, 0.6) is 0 Å². The SMILES string of the molecule is CC(C)c1ncc(CCN)c(S(C)(=O)=O)n1. The lowest BCUT2D eigenvalue weighted by atomic mass is 10.2. The molecule has 0 bridgehead atoms. The second-order valence-corrected chi connectivity index (χ2v) is 5.96. The number of nitrogens with two attached hydrogens (primary N) is 1. The Hall–Kier alpha value is -1.01. The van der Waals surface area contributed by atoms with E-state index in [-0.39, 0.29) is 10.9 Å². The van der Waals surface area contributed by atoms with E-state index in [0.717, 1.165) is 6.26 Å². The van der Waals surface area contributed by atoms with Crippen LogP contribution in [0.2, 0.25) is 0 Å². The molecule has 0 atom stereocenters. The zero-order valence-corrected chi connectivity index (χ0v) is 10.6. The normalized spacial score (nSPS) is 12.1. The second kappa shape index (κ2) is 4.88. The Morgan fingerprint density at radius 2 is 2.06 bits per heavy atom. The summed E-state index contributed by atoms with van der Waals surface area (Å²) in [7, 11) is -3.32. The van der Waals surface area contributed by atoms with Gasteiger partial charge in [-0.1, -0.05) is 13.8 Å². The fourth-order valence-electron chi connectivity index (χ4n) is 1.33. The Labute approximate surface area is 96.0 Å². The van der Waals surface area contributed by atoms with Crippen molar-refractivity contribution in [3.63, 3.8) is 0 Å². The summed E-state index contributed by atoms with van der Waals surface area (Å²) in [4.78, 5) is 8.25. The molecule has 16 heavy (non-hydrogen) atoms. The molecule has 0 unspecified atom stereocenters. The van der Waals surface area contributed by atoms with Gasteiger partial charge in [-0.3, -0.25) is 0 Å². The summed E-state index contributed by atoms with van der Waals surface area (Å²) in [5, 5.41) is 0.108. The van der Waals surface area contributed by atoms with Gasteiger partial charge < -0.3 is 5.73 Å². The highest BCUT2D eigenvalue weighted by molar-refractivity contribution is 7.90. The molecule has 1 aromatic rings. The standard InChI is InChI=1S/C10H17N3O2S/c1-7(2)9-12-6-8(4-5-11)10(13-9)16(3,14)15/h6-7H,4-5,11H2,1-3H3. The van der Waals surface area contributed by atoms with E-state index in [1.54, 1.807) is 6.20 Å². The minimum atomic E-state index is -3.32. The van der Waals surface area contributed by atoms with Crippen molar-refractivity contribution in [1.29, 1.82) is 0 Å². The first-order valence-corrected chi connectivity index (χ1v) is 7.01. The molecule has 0 radical (unpaired) electrons. The van der Waals surface area contributed by atoms with Crippen molar-refractivity contribution in [2.24, 2.45) is 5.73 Å². The van der Waals surface area contributed by atoms with E-state index >= 15 is 0 Å². The van der Waals surface area contributed by atoms with Crippen LogP contribution in [0.1, 0.15) is 31.2 Å². The predicted molar refractivity (Wildman–Crippen MR) is 62.0 cm³/mol. The molecule has 0 spiro atoms. The predicted octanol–water partition coefficient (Wildman–Crippen LogP) is 0.505. The molecule has 0 aliphatic carbocycles. The zero-order valence-electron chi connectivity index (χ0n) is 9.77. The third kappa shape index (κ3) is 2.99. The van der Waals surface area contributed by atoms with Crippen molar-refractivity contribution in [3.8, 4) is 0 Å². The Bertz CT molecular complexity index is 469. The second-order valence-electron chi connectivity index (χ2n) is 4.02. The van der Waals surface area contributed by atoms with Gasteiger partial charge in [-0.25, -0.2) is 18.4 Å². The van der Waals surface area contributed by atoms with Crippen LogP contribution in [0, 0.1) is 0 Å². The molecule has 2 N–H and O–H groups in total. The summed E-state index contributed by atoms with van der Waals surface area (Å²) < 4.78 is 23.1. The Balaban J connectivity index is 3.33. The van der Waals surface area contributed by atoms with E-state index in [4.69, 9.17) is 5.73 Å². The van der Waals surface area contributed by atoms with E-state index in [1.165, 1.54) is 0 Å². The molecule has 0 aliphatic rings. The summed E-state index contributed by atoms with van der Waals surface area (Å²) in [6.07, 6.45) is 3.19. The molecule has 6 heteroatoms. The summed E-state index contributed by atoms with van der Waals surface area (Å²) in [5.74, 6) is 0.647. The van der Waals surface area contributed by atoms with Crippen molar-refractivity contribution in [3.05, 3.63) is 17.6 Å². The highest BCUT2D eigenvalue weighted by atomic mass is 32.2. The van der Waals surface area contributed by atoms with Crippen LogP contribution in [-0.2, 0) is 16.3 Å². The fourth-order valence-corrected chi connectivity index (χ4v) is 2.22. The van der Waals surface area contributed by atoms with Crippen molar-refractivity contribution >= 4 is 9.84 Å². The third-order valence-electron chi connectivity index (χ3n) is 2.12. The number of nitrogens with zero attached hydrogens (tertiary/aromatic N) is 2. The zero-order chi connectivity index (χ0) is 12.3. The quantitative estimate of drug-likeness (QED) is 0.778. The number of rotatable bonds is 4. The summed E-state index contributed by atoms with van der Waals surface area (Å²) >= 11 is 0. The minimum absolute atomic E-state index is 0.104. The number of hydrogen-bond acceptors (Lipinski definition) is 5. The molecule has 0 saturated heterocycles. The van der Waals surface area contributed by atoms with Crippen molar-refractivity contribution in [1.82, 2.24) is 9.97 Å². The Morgan fingerprint density at radius 1 is 1.44 bits per heavy atom. The highest BCUT2D eigenvalue weighted by Gasteiger charge is 2.17. The summed E-state index contributed by atoms with van der Waals surface area (Å²) in [5.41, 5.74) is 6.01. The molecule has 0 saturated carbocycles. The molecule has 0 aliphatic heterocycles. The van der Waals surface area contributed by atoms with Crippen LogP contribution < -0.4 is 5.73 Å². The Morgan fingerprint density at radius 3 is 2.50 bits per heavy atom. The fraction of sp³-hybridized carbons (Fsp3) is 0.600. The van der Waals surface area contributed by atoms with Gasteiger partial charge in [-0.05, 0) is 13.0 Å². The topological polar surface area (TPSA) is 85.9 Å². The monoisotopic (exact) mass is 243 g/mol. The maximum absolute atomic E-state index is 11.6. The smallest absolute Gasteiger partial charge is 0.193 e. The summed E-state index contributed by atoms with van der Waals surface area (Å²) in [6.45, 7) is 4.22. The van der Waals surface area contributed by atoms with Gasteiger partial charge in [0.15, 0.2) is 14.9 Å². The van der Waals surface area contributed by atoms with E-state index < -0.39 is 9.84 Å². The van der Waals surface area contributed by atoms with Crippen LogP contribution in [-0.4, -0.2) is 31.2 Å². The number of hydrogen-bond donors (Lipinski definition) is 1. The van der Waals surface area contributed by atoms with E-state index in [0.29, 0.717) is 24.4 Å². The maximum Gasteiger partial charge on any atom is 0.193 e. The van der Waals surface area contributed by atoms with Gasteiger partial charge in [0.25, 0.3) is 0 Å². The minimum Gasteiger partial charge on any atom is -0.330 e. The lowest BCUT2D eigenvalue weighted by molar-refractivity contribution is 0.593. The van der Waals surface area contributed by atoms with Gasteiger partial charge in [0, 0.05) is 23.9 Å². The average molecular weight is 243 g/mol. The first kappa shape index (κ1) is 13.1. The number of aromatic nitrogens is 2. The maximum atomic E-state index is 11.6. The van der Waals surface area contributed by atoms with Gasteiger partial charge in [-0.2, -0.15) is 0 Å². The molecule has 0 aromatic carbocycles. The average Bonchev–Trinajstić information content (AvgIpc) is 2.16. The third-order valence-corrected chi connectivity index (χ3v) is 3.18. The van der Waals surface area contributed by atoms with Gasteiger partial charge in [0.05, 0.1) is 0 Å². The molecule has 90 valence electrons. The number of sulfone groups is 1. The molecular weight excluding hydrogens is 226 g/mol. The van der Waals surface area contributed by atoms with Crippen molar-refractivity contribution in [2.45, 2.75) is 31.2 Å². The Kier molecular flexibility index (Phi) is 3.98. The van der Waals surface area contributed by atoms with E-state index in [2.05, 4.69) is 9.97 Å². The van der Waals surface area contributed by atoms with Crippen LogP contribution in [0.25, 0.3) is 0 Å². The molecule has 5 nitrogen and oxygen atoms in total. The van der Waals surface area contributed by atoms with Crippen molar-refractivity contribution in [2.75, 3.05) is 12.8 Å². The van der Waals surface area contributed by atoms with E-state index in [9.17, 15) is 8.42 Å². The molecular formula is C10H17N3O2S. The van der Waals surface area contributed by atoms with Crippen LogP contribution >= 0.6 is 0 Å². The molecule has 0 amide bonds. The molecule has 1 rings (SSSR count). The van der Waals surface area contributed by atoms with Crippen LogP contribution in [0.4, 0.5) is 0 Å². The summed E-state index contributed by atoms with van der Waals surface area (Å²) in [6, 6.07) is 0. The highest BCUT2D eigenvalue weighted by Crippen LogP contribution is 2.16. The van der Waals surface area contributed by atoms with Gasteiger partial charge in [0.1, 0.15) is 5.82 Å². The van der Waals surface area contributed by atoms with Gasteiger partial charge in [0.2, 0.25) is 0 Å². The van der Waals surface area contributed by atoms with Crippen LogP contribution in [0.3, 0.4) is 0 Å².